The van der Waals surface area contributed by atoms with E-state index in [9.17, 15) is 10.5 Å². The number of nitriles is 2. The summed E-state index contributed by atoms with van der Waals surface area (Å²) in [7, 11) is 0. The van der Waals surface area contributed by atoms with Crippen LogP contribution >= 0.6 is 0 Å². The first-order chi connectivity index (χ1) is 40.8. The molecule has 2 aliphatic carbocycles. The summed E-state index contributed by atoms with van der Waals surface area (Å²) < 4.78 is 16.5. The zero-order valence-corrected chi connectivity index (χ0v) is 45.9. The predicted molar refractivity (Wildman–Crippen MR) is 329 cm³/mol. The van der Waals surface area contributed by atoms with Crippen molar-refractivity contribution in [2.24, 2.45) is 0 Å². The second kappa shape index (κ2) is 17.3. The Morgan fingerprint density at radius 1 is 0.373 bits per heavy atom. The largest absolute Gasteiger partial charge is 0.457 e. The van der Waals surface area contributed by atoms with Gasteiger partial charge in [-0.2, -0.15) is 10.5 Å². The number of hydrogen-bond donors (Lipinski definition) is 0. The first-order valence-electron chi connectivity index (χ1n) is 28.9. The fourth-order valence-electron chi connectivity index (χ4n) is 16.1. The topological polar surface area (TPSA) is 74.2 Å². The molecule has 0 fully saturated rings. The highest BCUT2D eigenvalue weighted by molar-refractivity contribution is 6.09. The zero-order valence-electron chi connectivity index (χ0n) is 45.9. The molecule has 3 aliphatic heterocycles. The maximum Gasteiger partial charge on any atom is 0.132 e. The van der Waals surface area contributed by atoms with E-state index in [1.807, 2.05) is 12.1 Å². The van der Waals surface area contributed by atoms with E-state index < -0.39 is 10.8 Å². The summed E-state index contributed by atoms with van der Waals surface area (Å²) in [5.74, 6) is 2.95. The Kier molecular flexibility index (Phi) is 9.89. The standard InChI is InChI=1S/C77H52N4O2/c1-75(2)59-21-5-13-29-67(59)81(68-30-14-6-22-60(68)75)50-38-42-57-47(44-50)35-39-53-55(45-78)56(46-79)74-54(73(53)76(57)61-23-7-15-31-69(61)82-70-32-16-8-24-62(70)76)40-36-48-43-49(80-65-27-11-3-19-51(65)52-20-4-12-28-66(52)80)37-41-58(48)77(74)63-25-9-17-33-71(63)83-72-34-18-10-26-64(72)77/h3-34,37-38,41-44H,35-36,39-40H2,1-2H3. The Morgan fingerprint density at radius 2 is 0.771 bits per heavy atom. The van der Waals surface area contributed by atoms with Gasteiger partial charge in [-0.05, 0) is 154 Å². The van der Waals surface area contributed by atoms with E-state index in [0.29, 0.717) is 48.3 Å². The number of para-hydroxylation sites is 8. The SMILES string of the molecule is CC1(C)c2ccccc2N(c2ccc3c(c2)CCc2c(C#N)c(C#N)c4c(c2C32c3ccccc3Oc3ccccc32)CCc2cc(-n3c5ccccc5c5ccccc53)ccc2C42c3ccccc3Oc3ccccc32)c2ccccc21. The van der Waals surface area contributed by atoms with Gasteiger partial charge in [0.25, 0.3) is 0 Å². The minimum absolute atomic E-state index is 0.227. The van der Waals surface area contributed by atoms with Crippen molar-refractivity contribution in [1.29, 1.82) is 10.5 Å². The molecule has 6 heteroatoms. The molecule has 0 amide bonds. The van der Waals surface area contributed by atoms with Crippen molar-refractivity contribution in [3.05, 3.63) is 320 Å². The van der Waals surface area contributed by atoms with Crippen LogP contribution in [0.1, 0.15) is 103 Å². The Balaban J connectivity index is 1.01. The monoisotopic (exact) mass is 1060 g/mol. The van der Waals surface area contributed by atoms with Crippen LogP contribution in [0.2, 0.25) is 0 Å². The van der Waals surface area contributed by atoms with Crippen molar-refractivity contribution in [3.8, 4) is 40.8 Å². The molecule has 392 valence electrons. The van der Waals surface area contributed by atoms with Crippen molar-refractivity contribution in [2.75, 3.05) is 4.90 Å². The Labute approximate surface area is 481 Å². The lowest BCUT2D eigenvalue weighted by atomic mass is 9.56. The van der Waals surface area contributed by atoms with Crippen molar-refractivity contribution >= 4 is 38.9 Å². The number of hydrogen-bond acceptors (Lipinski definition) is 5. The molecule has 2 spiro atoms. The number of nitrogens with zero attached hydrogens (tertiary/aromatic N) is 4. The highest BCUT2D eigenvalue weighted by Gasteiger charge is 2.56. The second-order valence-corrected chi connectivity index (χ2v) is 23.4. The van der Waals surface area contributed by atoms with E-state index in [1.54, 1.807) is 0 Å². The Hall–Kier alpha value is -10.4. The minimum atomic E-state index is -1.13. The van der Waals surface area contributed by atoms with Crippen LogP contribution in [0.4, 0.5) is 17.1 Å². The number of ether oxygens (including phenoxy) is 2. The number of fused-ring (bicyclic) bond motifs is 22. The van der Waals surface area contributed by atoms with Gasteiger partial charge in [0.1, 0.15) is 35.1 Å². The second-order valence-electron chi connectivity index (χ2n) is 23.4. The molecule has 0 N–H and O–H groups in total. The number of rotatable bonds is 2. The molecular weight excluding hydrogens is 1010 g/mol. The van der Waals surface area contributed by atoms with Crippen molar-refractivity contribution < 1.29 is 9.47 Å². The van der Waals surface area contributed by atoms with Gasteiger partial charge in [0.05, 0.1) is 44.4 Å². The van der Waals surface area contributed by atoms with Crippen LogP contribution in [0.5, 0.6) is 23.0 Å². The molecule has 17 rings (SSSR count). The van der Waals surface area contributed by atoms with Crippen molar-refractivity contribution in [1.82, 2.24) is 4.57 Å². The van der Waals surface area contributed by atoms with Gasteiger partial charge in [0.15, 0.2) is 0 Å². The lowest BCUT2D eigenvalue weighted by Crippen LogP contribution is -2.40. The molecule has 6 nitrogen and oxygen atoms in total. The lowest BCUT2D eigenvalue weighted by Gasteiger charge is -2.47. The highest BCUT2D eigenvalue weighted by atomic mass is 16.5. The van der Waals surface area contributed by atoms with E-state index in [4.69, 9.17) is 9.47 Å². The molecule has 0 radical (unpaired) electrons. The normalized spacial score (nSPS) is 15.6. The molecule has 4 heterocycles. The quantitative estimate of drug-likeness (QED) is 0.172. The third kappa shape index (κ3) is 6.14. The van der Waals surface area contributed by atoms with Crippen LogP contribution in [0.25, 0.3) is 27.5 Å². The van der Waals surface area contributed by atoms with Gasteiger partial charge in [-0.25, -0.2) is 0 Å². The lowest BCUT2D eigenvalue weighted by molar-refractivity contribution is 0.431. The van der Waals surface area contributed by atoms with Gasteiger partial charge in [0, 0.05) is 49.8 Å². The minimum Gasteiger partial charge on any atom is -0.457 e. The number of aromatic nitrogens is 1. The summed E-state index contributed by atoms with van der Waals surface area (Å²) in [5, 5.41) is 26.9. The van der Waals surface area contributed by atoms with E-state index in [2.05, 4.69) is 254 Å². The summed E-state index contributed by atoms with van der Waals surface area (Å²) in [6, 6.07) is 88.6. The fraction of sp³-hybridized carbons (Fsp3) is 0.117. The molecule has 0 bridgehead atoms. The van der Waals surface area contributed by atoms with E-state index in [1.165, 1.54) is 27.5 Å². The van der Waals surface area contributed by atoms with Crippen LogP contribution in [-0.2, 0) is 41.9 Å². The third-order valence-corrected chi connectivity index (χ3v) is 19.3. The van der Waals surface area contributed by atoms with Gasteiger partial charge in [-0.15, -0.1) is 0 Å². The van der Waals surface area contributed by atoms with Crippen LogP contribution in [-0.4, -0.2) is 4.57 Å². The summed E-state index contributed by atoms with van der Waals surface area (Å²) in [6.07, 6.45) is 2.37. The highest BCUT2D eigenvalue weighted by Crippen LogP contribution is 2.65. The van der Waals surface area contributed by atoms with Crippen LogP contribution < -0.4 is 14.4 Å². The van der Waals surface area contributed by atoms with E-state index in [0.717, 1.165) is 106 Å². The first-order valence-corrected chi connectivity index (χ1v) is 28.9. The smallest absolute Gasteiger partial charge is 0.132 e. The van der Waals surface area contributed by atoms with Gasteiger partial charge >= 0.3 is 0 Å². The van der Waals surface area contributed by atoms with Crippen LogP contribution in [0.3, 0.4) is 0 Å². The van der Waals surface area contributed by atoms with Gasteiger partial charge in [-0.3, -0.25) is 0 Å². The Morgan fingerprint density at radius 3 is 1.27 bits per heavy atom. The molecule has 0 atom stereocenters. The summed E-state index contributed by atoms with van der Waals surface area (Å²) in [6.45, 7) is 4.66. The average Bonchev–Trinajstić information content (AvgIpc) is 2.02. The molecule has 1 aromatic heterocycles. The maximum atomic E-state index is 12.3. The number of anilines is 3. The average molecular weight is 1070 g/mol. The van der Waals surface area contributed by atoms with E-state index >= 15 is 0 Å². The molecule has 12 aromatic rings. The zero-order chi connectivity index (χ0) is 55.3. The molecular formula is C77H52N4O2. The maximum absolute atomic E-state index is 12.3. The summed E-state index contributed by atoms with van der Waals surface area (Å²) in [4.78, 5) is 2.45. The summed E-state index contributed by atoms with van der Waals surface area (Å²) in [5.41, 5.74) is 19.9. The van der Waals surface area contributed by atoms with E-state index in [-0.39, 0.29) is 5.41 Å². The molecule has 11 aromatic carbocycles. The number of benzene rings is 11. The van der Waals surface area contributed by atoms with Crippen molar-refractivity contribution in [2.45, 2.75) is 55.8 Å². The molecule has 5 aliphatic rings. The molecule has 0 saturated heterocycles. The molecule has 0 saturated carbocycles. The van der Waals surface area contributed by atoms with Crippen molar-refractivity contribution in [3.63, 3.8) is 0 Å². The molecule has 0 unspecified atom stereocenters. The predicted octanol–water partition coefficient (Wildman–Crippen LogP) is 17.8. The first kappa shape index (κ1) is 47.4. The summed E-state index contributed by atoms with van der Waals surface area (Å²) >= 11 is 0. The van der Waals surface area contributed by atoms with Gasteiger partial charge in [-0.1, -0.05) is 172 Å². The van der Waals surface area contributed by atoms with Crippen LogP contribution in [0, 0.1) is 22.7 Å². The number of aryl methyl sites for hydroxylation is 2. The fourth-order valence-corrected chi connectivity index (χ4v) is 16.1. The Bertz CT molecular complexity index is 4720. The third-order valence-electron chi connectivity index (χ3n) is 19.3. The van der Waals surface area contributed by atoms with Gasteiger partial charge < -0.3 is 18.9 Å². The van der Waals surface area contributed by atoms with Gasteiger partial charge in [0.2, 0.25) is 0 Å². The van der Waals surface area contributed by atoms with Crippen LogP contribution in [0.15, 0.2) is 231 Å². The molecule has 83 heavy (non-hydrogen) atoms.